The average Bonchev–Trinajstić information content (AvgIpc) is 2.74. The third-order valence-corrected chi connectivity index (χ3v) is 4.61. The van der Waals surface area contributed by atoms with Crippen molar-refractivity contribution < 1.29 is 9.47 Å². The topological polar surface area (TPSA) is 18.5 Å². The minimum absolute atomic E-state index is 0.678. The number of allylic oxidation sites excluding steroid dienone is 1. The Balaban J connectivity index is 2.15. The zero-order valence-corrected chi connectivity index (χ0v) is 16.2. The molecule has 0 aliphatic rings. The summed E-state index contributed by atoms with van der Waals surface area (Å²) in [6.45, 7) is 4.89. The van der Waals surface area contributed by atoms with E-state index in [0.717, 1.165) is 17.9 Å². The summed E-state index contributed by atoms with van der Waals surface area (Å²) in [5.74, 6) is 1.77. The van der Waals surface area contributed by atoms with Crippen LogP contribution in [0.5, 0.6) is 11.5 Å². The molecule has 0 aliphatic carbocycles. The molecule has 0 atom stereocenters. The molecule has 3 aromatic rings. The van der Waals surface area contributed by atoms with Crippen LogP contribution in [0.3, 0.4) is 0 Å². The van der Waals surface area contributed by atoms with Crippen LogP contribution in [-0.4, -0.2) is 13.7 Å². The van der Waals surface area contributed by atoms with Gasteiger partial charge in [0.1, 0.15) is 11.5 Å². The molecule has 0 N–H and O–H groups in total. The van der Waals surface area contributed by atoms with E-state index >= 15 is 0 Å². The fourth-order valence-corrected chi connectivity index (χ4v) is 3.32. The highest BCUT2D eigenvalue weighted by atomic mass is 16.5. The quantitative estimate of drug-likeness (QED) is 0.451. The molecule has 0 fully saturated rings. The predicted octanol–water partition coefficient (Wildman–Crippen LogP) is 6.46. The van der Waals surface area contributed by atoms with Crippen molar-refractivity contribution in [3.8, 4) is 11.5 Å². The van der Waals surface area contributed by atoms with E-state index in [2.05, 4.69) is 61.5 Å². The zero-order valence-electron chi connectivity index (χ0n) is 16.2. The molecule has 3 aromatic carbocycles. The molecule has 2 nitrogen and oxygen atoms in total. The van der Waals surface area contributed by atoms with Crippen LogP contribution >= 0.6 is 0 Å². The Morgan fingerprint density at radius 3 is 1.78 bits per heavy atom. The van der Waals surface area contributed by atoms with Gasteiger partial charge in [0.2, 0.25) is 0 Å². The normalized spacial score (nSPS) is 11.7. The summed E-state index contributed by atoms with van der Waals surface area (Å²) < 4.78 is 10.9. The van der Waals surface area contributed by atoms with Crippen molar-refractivity contribution in [2.45, 2.75) is 20.3 Å². The van der Waals surface area contributed by atoms with Gasteiger partial charge in [0.05, 0.1) is 13.7 Å². The first kappa shape index (κ1) is 18.8. The van der Waals surface area contributed by atoms with Gasteiger partial charge in [-0.2, -0.15) is 0 Å². The van der Waals surface area contributed by atoms with Gasteiger partial charge in [-0.25, -0.2) is 0 Å². The largest absolute Gasteiger partial charge is 0.497 e. The standard InChI is InChI=1S/C25H26O2/c1-4-24(19-11-17-23(18-12-19)27-5-2)25(20-9-7-6-8-10-20)21-13-15-22(26-3)16-14-21/h6-18H,4-5H2,1-3H3. The van der Waals surface area contributed by atoms with Crippen LogP contribution in [0.4, 0.5) is 0 Å². The van der Waals surface area contributed by atoms with Gasteiger partial charge in [0.15, 0.2) is 0 Å². The number of methoxy groups -OCH3 is 1. The van der Waals surface area contributed by atoms with Crippen molar-refractivity contribution in [1.82, 2.24) is 0 Å². The van der Waals surface area contributed by atoms with Crippen molar-refractivity contribution in [2.24, 2.45) is 0 Å². The lowest BCUT2D eigenvalue weighted by atomic mass is 9.88. The van der Waals surface area contributed by atoms with E-state index in [4.69, 9.17) is 9.47 Å². The van der Waals surface area contributed by atoms with E-state index in [1.54, 1.807) is 7.11 Å². The van der Waals surface area contributed by atoms with Gasteiger partial charge in [-0.1, -0.05) is 61.5 Å². The summed E-state index contributed by atoms with van der Waals surface area (Å²) in [6.07, 6.45) is 0.935. The highest BCUT2D eigenvalue weighted by Gasteiger charge is 2.13. The van der Waals surface area contributed by atoms with Gasteiger partial charge < -0.3 is 9.47 Å². The molecule has 0 radical (unpaired) electrons. The molecule has 0 aliphatic heterocycles. The number of rotatable bonds is 7. The van der Waals surface area contributed by atoms with Gasteiger partial charge >= 0.3 is 0 Å². The lowest BCUT2D eigenvalue weighted by Crippen LogP contribution is -1.96. The molecule has 0 bridgehead atoms. The summed E-state index contributed by atoms with van der Waals surface area (Å²) in [6, 6.07) is 27.3. The fourth-order valence-electron chi connectivity index (χ4n) is 3.32. The summed E-state index contributed by atoms with van der Waals surface area (Å²) in [5.41, 5.74) is 6.19. The minimum Gasteiger partial charge on any atom is -0.497 e. The van der Waals surface area contributed by atoms with Crippen LogP contribution in [0.15, 0.2) is 78.9 Å². The first-order valence-electron chi connectivity index (χ1n) is 9.43. The molecule has 27 heavy (non-hydrogen) atoms. The molecule has 0 spiro atoms. The first-order valence-corrected chi connectivity index (χ1v) is 9.43. The summed E-state index contributed by atoms with van der Waals surface area (Å²) >= 11 is 0. The molecular formula is C25H26O2. The minimum atomic E-state index is 0.678. The van der Waals surface area contributed by atoms with E-state index in [0.29, 0.717) is 6.61 Å². The van der Waals surface area contributed by atoms with Gasteiger partial charge in [-0.3, -0.25) is 0 Å². The van der Waals surface area contributed by atoms with Crippen LogP contribution in [0.25, 0.3) is 11.1 Å². The Morgan fingerprint density at radius 1 is 0.667 bits per heavy atom. The number of hydrogen-bond donors (Lipinski definition) is 0. The molecule has 0 unspecified atom stereocenters. The van der Waals surface area contributed by atoms with Crippen molar-refractivity contribution in [2.75, 3.05) is 13.7 Å². The first-order chi connectivity index (χ1) is 13.3. The van der Waals surface area contributed by atoms with E-state index in [9.17, 15) is 0 Å². The second-order valence-electron chi connectivity index (χ2n) is 6.26. The van der Waals surface area contributed by atoms with Crippen LogP contribution in [-0.2, 0) is 0 Å². The highest BCUT2D eigenvalue weighted by molar-refractivity contribution is 5.98. The Labute approximate surface area is 162 Å². The number of hydrogen-bond acceptors (Lipinski definition) is 2. The van der Waals surface area contributed by atoms with Crippen molar-refractivity contribution in [1.29, 1.82) is 0 Å². The van der Waals surface area contributed by atoms with Gasteiger partial charge in [-0.15, -0.1) is 0 Å². The van der Waals surface area contributed by atoms with E-state index in [1.165, 1.54) is 27.8 Å². The van der Waals surface area contributed by atoms with E-state index in [1.807, 2.05) is 31.2 Å². The molecule has 0 heterocycles. The Bertz CT molecular complexity index is 876. The Morgan fingerprint density at radius 2 is 1.22 bits per heavy atom. The molecular weight excluding hydrogens is 332 g/mol. The zero-order chi connectivity index (χ0) is 19.1. The number of benzene rings is 3. The van der Waals surface area contributed by atoms with E-state index < -0.39 is 0 Å². The lowest BCUT2D eigenvalue weighted by Gasteiger charge is -2.17. The Kier molecular flexibility index (Phi) is 6.32. The monoisotopic (exact) mass is 358 g/mol. The van der Waals surface area contributed by atoms with Gasteiger partial charge in [-0.05, 0) is 65.4 Å². The molecule has 0 aromatic heterocycles. The molecule has 0 amide bonds. The molecule has 2 heteroatoms. The van der Waals surface area contributed by atoms with Crippen LogP contribution in [0.1, 0.15) is 37.0 Å². The third kappa shape index (κ3) is 4.40. The highest BCUT2D eigenvalue weighted by Crippen LogP contribution is 2.35. The summed E-state index contributed by atoms with van der Waals surface area (Å²) in [7, 11) is 1.69. The molecule has 138 valence electrons. The molecule has 0 saturated heterocycles. The maximum Gasteiger partial charge on any atom is 0.119 e. The third-order valence-electron chi connectivity index (χ3n) is 4.61. The second-order valence-corrected chi connectivity index (χ2v) is 6.26. The molecule has 3 rings (SSSR count). The maximum atomic E-state index is 5.60. The van der Waals surface area contributed by atoms with Crippen molar-refractivity contribution in [3.05, 3.63) is 95.6 Å². The van der Waals surface area contributed by atoms with Crippen LogP contribution in [0.2, 0.25) is 0 Å². The van der Waals surface area contributed by atoms with Gasteiger partial charge in [0, 0.05) is 0 Å². The maximum absolute atomic E-state index is 5.60. The average molecular weight is 358 g/mol. The lowest BCUT2D eigenvalue weighted by molar-refractivity contribution is 0.340. The second kappa shape index (κ2) is 9.09. The van der Waals surface area contributed by atoms with E-state index in [-0.39, 0.29) is 0 Å². The van der Waals surface area contributed by atoms with Crippen molar-refractivity contribution in [3.63, 3.8) is 0 Å². The SMILES string of the molecule is CCOc1ccc(C(CC)=C(c2ccccc2)c2ccc(OC)cc2)cc1. The predicted molar refractivity (Wildman–Crippen MR) is 113 cm³/mol. The smallest absolute Gasteiger partial charge is 0.119 e. The summed E-state index contributed by atoms with van der Waals surface area (Å²) in [4.78, 5) is 0. The Hall–Kier alpha value is -3.00. The van der Waals surface area contributed by atoms with Gasteiger partial charge in [0.25, 0.3) is 0 Å². The number of ether oxygens (including phenoxy) is 2. The molecule has 0 saturated carbocycles. The van der Waals surface area contributed by atoms with Crippen molar-refractivity contribution >= 4 is 11.1 Å². The van der Waals surface area contributed by atoms with Crippen LogP contribution < -0.4 is 9.47 Å². The fraction of sp³-hybridized carbons (Fsp3) is 0.200. The summed E-state index contributed by atoms with van der Waals surface area (Å²) in [5, 5.41) is 0. The van der Waals surface area contributed by atoms with Crippen LogP contribution in [0, 0.1) is 0 Å².